The van der Waals surface area contributed by atoms with Crippen molar-refractivity contribution in [2.45, 2.75) is 44.2 Å². The van der Waals surface area contributed by atoms with E-state index in [0.29, 0.717) is 30.4 Å². The number of aryl methyl sites for hydroxylation is 2. The number of imidazole rings is 1. The summed E-state index contributed by atoms with van der Waals surface area (Å²) in [6.45, 7) is 0. The zero-order chi connectivity index (χ0) is 21.3. The van der Waals surface area contributed by atoms with Crippen molar-refractivity contribution in [3.63, 3.8) is 0 Å². The van der Waals surface area contributed by atoms with E-state index in [0.717, 1.165) is 35.5 Å². The molecule has 1 aliphatic carbocycles. The van der Waals surface area contributed by atoms with Gasteiger partial charge in [0.25, 0.3) is 0 Å². The highest BCUT2D eigenvalue weighted by atomic mass is 19.4. The van der Waals surface area contributed by atoms with Crippen LogP contribution in [0.25, 0.3) is 11.3 Å². The molecule has 1 aromatic carbocycles. The normalized spacial score (nSPS) is 14.6. The van der Waals surface area contributed by atoms with E-state index in [4.69, 9.17) is 4.74 Å². The van der Waals surface area contributed by atoms with Gasteiger partial charge >= 0.3 is 6.18 Å². The first-order chi connectivity index (χ1) is 14.3. The summed E-state index contributed by atoms with van der Waals surface area (Å²) in [5.41, 5.74) is 1.55. The smallest absolute Gasteiger partial charge is 0.417 e. The van der Waals surface area contributed by atoms with Gasteiger partial charge in [-0.1, -0.05) is 18.6 Å². The minimum Gasteiger partial charge on any atom is -0.496 e. The summed E-state index contributed by atoms with van der Waals surface area (Å²) in [4.78, 5) is 11.5. The predicted octanol–water partition coefficient (Wildman–Crippen LogP) is 5.69. The third-order valence-electron chi connectivity index (χ3n) is 5.56. The number of halogens is 4. The Bertz CT molecular complexity index is 1040. The van der Waals surface area contributed by atoms with Crippen LogP contribution in [0.1, 0.15) is 47.8 Å². The fraction of sp³-hybridized carbons (Fsp3) is 0.364. The third-order valence-corrected chi connectivity index (χ3v) is 5.56. The molecule has 4 rings (SSSR count). The van der Waals surface area contributed by atoms with Gasteiger partial charge in [0.1, 0.15) is 17.4 Å². The van der Waals surface area contributed by atoms with Gasteiger partial charge in [0.2, 0.25) is 0 Å². The van der Waals surface area contributed by atoms with Crippen molar-refractivity contribution < 1.29 is 22.3 Å². The van der Waals surface area contributed by atoms with Crippen molar-refractivity contribution in [1.29, 1.82) is 0 Å². The highest BCUT2D eigenvalue weighted by Gasteiger charge is 2.31. The first kappa shape index (κ1) is 20.4. The zero-order valence-electron chi connectivity index (χ0n) is 16.4. The maximum Gasteiger partial charge on any atom is 0.417 e. The number of methoxy groups -OCH3 is 1. The molecule has 3 aromatic rings. The predicted molar refractivity (Wildman–Crippen MR) is 104 cm³/mol. The molecule has 0 aliphatic heterocycles. The second-order valence-corrected chi connectivity index (χ2v) is 7.49. The number of hydrogen-bond donors (Lipinski definition) is 1. The molecule has 1 saturated carbocycles. The van der Waals surface area contributed by atoms with Gasteiger partial charge < -0.3 is 9.72 Å². The van der Waals surface area contributed by atoms with E-state index in [9.17, 15) is 17.6 Å². The summed E-state index contributed by atoms with van der Waals surface area (Å²) in [6.07, 6.45) is 1.95. The standard InChI is InChI=1S/C22H21F4N3O/c1-30-20-9-15(19-12-28-21(29-19)14-3-2-4-14)6-5-13(20)7-8-18-17(23)10-16(11-27-18)22(24,25)26/h5-6,9-12,14H,2-4,7-8H2,1H3,(H,28,29). The Balaban J connectivity index is 1.49. The van der Waals surface area contributed by atoms with Crippen LogP contribution in [-0.4, -0.2) is 22.1 Å². The van der Waals surface area contributed by atoms with E-state index < -0.39 is 17.6 Å². The van der Waals surface area contributed by atoms with Crippen LogP contribution in [0.15, 0.2) is 36.7 Å². The van der Waals surface area contributed by atoms with Crippen molar-refractivity contribution in [2.75, 3.05) is 7.11 Å². The van der Waals surface area contributed by atoms with Gasteiger partial charge in [-0.25, -0.2) is 9.37 Å². The maximum atomic E-state index is 14.0. The fourth-order valence-corrected chi connectivity index (χ4v) is 3.55. The minimum absolute atomic E-state index is 0.00663. The van der Waals surface area contributed by atoms with Crippen LogP contribution in [0.5, 0.6) is 5.75 Å². The molecule has 4 nitrogen and oxygen atoms in total. The number of ether oxygens (including phenoxy) is 1. The molecule has 158 valence electrons. The lowest BCUT2D eigenvalue weighted by atomic mass is 9.85. The highest BCUT2D eigenvalue weighted by molar-refractivity contribution is 5.62. The van der Waals surface area contributed by atoms with Crippen LogP contribution >= 0.6 is 0 Å². The molecule has 2 heterocycles. The first-order valence-electron chi connectivity index (χ1n) is 9.79. The number of nitrogens with zero attached hydrogens (tertiary/aromatic N) is 2. The number of alkyl halides is 3. The largest absolute Gasteiger partial charge is 0.496 e. The van der Waals surface area contributed by atoms with E-state index in [1.165, 1.54) is 6.42 Å². The second kappa shape index (κ2) is 8.08. The Morgan fingerprint density at radius 3 is 2.53 bits per heavy atom. The van der Waals surface area contributed by atoms with Crippen molar-refractivity contribution >= 4 is 0 Å². The molecule has 0 bridgehead atoms. The van der Waals surface area contributed by atoms with Gasteiger partial charge in [0.05, 0.1) is 30.3 Å². The molecule has 8 heteroatoms. The van der Waals surface area contributed by atoms with E-state index in [-0.39, 0.29) is 12.1 Å². The fourth-order valence-electron chi connectivity index (χ4n) is 3.55. The molecule has 30 heavy (non-hydrogen) atoms. The monoisotopic (exact) mass is 419 g/mol. The minimum atomic E-state index is -4.61. The van der Waals surface area contributed by atoms with Crippen molar-refractivity contribution in [2.24, 2.45) is 0 Å². The van der Waals surface area contributed by atoms with Gasteiger partial charge in [-0.3, -0.25) is 4.98 Å². The average molecular weight is 419 g/mol. The Labute approximate surface area is 171 Å². The molecular formula is C22H21F4N3O. The molecule has 1 N–H and O–H groups in total. The third kappa shape index (κ3) is 4.17. The molecule has 0 spiro atoms. The van der Waals surface area contributed by atoms with E-state index in [1.54, 1.807) is 7.11 Å². The van der Waals surface area contributed by atoms with Crippen LogP contribution in [0, 0.1) is 5.82 Å². The molecule has 0 radical (unpaired) electrons. The molecule has 1 fully saturated rings. The van der Waals surface area contributed by atoms with Gasteiger partial charge in [0, 0.05) is 17.7 Å². The lowest BCUT2D eigenvalue weighted by Gasteiger charge is -2.22. The average Bonchev–Trinajstić information content (AvgIpc) is 3.14. The zero-order valence-corrected chi connectivity index (χ0v) is 16.4. The summed E-state index contributed by atoms with van der Waals surface area (Å²) in [7, 11) is 1.55. The summed E-state index contributed by atoms with van der Waals surface area (Å²) in [6, 6.07) is 6.16. The van der Waals surface area contributed by atoms with Gasteiger partial charge in [-0.2, -0.15) is 13.2 Å². The number of aromatic nitrogens is 3. The number of H-pyrrole nitrogens is 1. The van der Waals surface area contributed by atoms with Crippen molar-refractivity contribution in [3.05, 3.63) is 65.1 Å². The molecule has 0 atom stereocenters. The Morgan fingerprint density at radius 1 is 1.10 bits per heavy atom. The van der Waals surface area contributed by atoms with E-state index in [2.05, 4.69) is 15.0 Å². The highest BCUT2D eigenvalue weighted by Crippen LogP contribution is 2.36. The van der Waals surface area contributed by atoms with Gasteiger partial charge in [-0.15, -0.1) is 0 Å². The van der Waals surface area contributed by atoms with Gasteiger partial charge in [0.15, 0.2) is 0 Å². The SMILES string of the molecule is COc1cc(-c2cnc(C3CCC3)[nH]2)ccc1CCc1ncc(C(F)(F)F)cc1F. The van der Waals surface area contributed by atoms with E-state index >= 15 is 0 Å². The second-order valence-electron chi connectivity index (χ2n) is 7.49. The summed E-state index contributed by atoms with van der Waals surface area (Å²) in [5.74, 6) is 1.18. The quantitative estimate of drug-likeness (QED) is 0.522. The number of rotatable bonds is 6. The summed E-state index contributed by atoms with van der Waals surface area (Å²) >= 11 is 0. The molecular weight excluding hydrogens is 398 g/mol. The molecule has 0 saturated heterocycles. The van der Waals surface area contributed by atoms with Crippen LogP contribution in [0.2, 0.25) is 0 Å². The summed E-state index contributed by atoms with van der Waals surface area (Å²) in [5, 5.41) is 0. The Hall–Kier alpha value is -2.90. The van der Waals surface area contributed by atoms with Crippen LogP contribution in [-0.2, 0) is 19.0 Å². The van der Waals surface area contributed by atoms with Gasteiger partial charge in [-0.05, 0) is 43.4 Å². The van der Waals surface area contributed by atoms with Crippen LogP contribution in [0.3, 0.4) is 0 Å². The number of benzene rings is 1. The topological polar surface area (TPSA) is 50.8 Å². The van der Waals surface area contributed by atoms with E-state index in [1.807, 2.05) is 24.4 Å². The Kier molecular flexibility index (Phi) is 5.49. The van der Waals surface area contributed by atoms with Crippen LogP contribution < -0.4 is 4.74 Å². The summed E-state index contributed by atoms with van der Waals surface area (Å²) < 4.78 is 57.5. The number of hydrogen-bond acceptors (Lipinski definition) is 3. The lowest BCUT2D eigenvalue weighted by Crippen LogP contribution is -2.10. The van der Waals surface area contributed by atoms with Crippen molar-refractivity contribution in [3.8, 4) is 17.0 Å². The molecule has 2 aromatic heterocycles. The lowest BCUT2D eigenvalue weighted by molar-refractivity contribution is -0.138. The molecule has 1 aliphatic rings. The molecule has 0 unspecified atom stereocenters. The maximum absolute atomic E-state index is 14.0. The van der Waals surface area contributed by atoms with Crippen LogP contribution in [0.4, 0.5) is 17.6 Å². The first-order valence-corrected chi connectivity index (χ1v) is 9.79. The number of pyridine rings is 1. The Morgan fingerprint density at radius 2 is 1.90 bits per heavy atom. The number of nitrogens with one attached hydrogen (secondary N) is 1. The number of aromatic amines is 1. The van der Waals surface area contributed by atoms with Crippen molar-refractivity contribution in [1.82, 2.24) is 15.0 Å². The molecule has 0 amide bonds.